The van der Waals surface area contributed by atoms with E-state index in [0.717, 1.165) is 31.5 Å². The number of nitrogens with two attached hydrogens (primary N) is 1. The average molecular weight is 260 g/mol. The lowest BCUT2D eigenvalue weighted by atomic mass is 10.1. The average Bonchev–Trinajstić information content (AvgIpc) is 2.93. The number of likely N-dealkylation sites (tertiary alicyclic amines) is 1. The first-order valence-electron chi connectivity index (χ1n) is 6.70. The largest absolute Gasteiger partial charge is 0.492 e. The number of hydrogen-bond donors (Lipinski definition) is 1. The number of ether oxygens (including phenoxy) is 1. The number of carbonyl (C=O) groups excluding carboxylic acids is 1. The van der Waals surface area contributed by atoms with Crippen LogP contribution in [0.2, 0.25) is 0 Å². The van der Waals surface area contributed by atoms with E-state index in [1.54, 1.807) is 12.2 Å². The fourth-order valence-corrected chi connectivity index (χ4v) is 2.17. The molecule has 1 saturated heterocycles. The molecule has 4 heteroatoms. The maximum absolute atomic E-state index is 11.9. The van der Waals surface area contributed by atoms with Crippen molar-refractivity contribution in [1.82, 2.24) is 4.90 Å². The van der Waals surface area contributed by atoms with Crippen LogP contribution in [0.3, 0.4) is 0 Å². The first-order chi connectivity index (χ1) is 9.20. The summed E-state index contributed by atoms with van der Waals surface area (Å²) in [5, 5.41) is 0. The van der Waals surface area contributed by atoms with Gasteiger partial charge >= 0.3 is 0 Å². The van der Waals surface area contributed by atoms with Crippen LogP contribution in [0.4, 0.5) is 5.69 Å². The Morgan fingerprint density at radius 1 is 1.42 bits per heavy atom. The Morgan fingerprint density at radius 2 is 2.16 bits per heavy atom. The molecule has 1 heterocycles. The van der Waals surface area contributed by atoms with Gasteiger partial charge in [-0.3, -0.25) is 4.79 Å². The van der Waals surface area contributed by atoms with E-state index in [-0.39, 0.29) is 5.91 Å². The Balaban J connectivity index is 2.02. The molecule has 0 aromatic heterocycles. The van der Waals surface area contributed by atoms with Crippen LogP contribution in [0.25, 0.3) is 6.08 Å². The number of amides is 1. The quantitative estimate of drug-likeness (QED) is 0.667. The van der Waals surface area contributed by atoms with Crippen molar-refractivity contribution in [2.75, 3.05) is 25.4 Å². The Morgan fingerprint density at radius 3 is 2.79 bits per heavy atom. The normalized spacial score (nSPS) is 15.1. The minimum Gasteiger partial charge on any atom is -0.492 e. The maximum Gasteiger partial charge on any atom is 0.246 e. The molecule has 0 spiro atoms. The van der Waals surface area contributed by atoms with Crippen LogP contribution in [-0.2, 0) is 4.79 Å². The van der Waals surface area contributed by atoms with Gasteiger partial charge in [-0.05, 0) is 43.5 Å². The van der Waals surface area contributed by atoms with E-state index >= 15 is 0 Å². The number of rotatable bonds is 4. The zero-order valence-corrected chi connectivity index (χ0v) is 11.3. The van der Waals surface area contributed by atoms with Gasteiger partial charge in [0.2, 0.25) is 5.91 Å². The highest BCUT2D eigenvalue weighted by Gasteiger charge is 2.14. The van der Waals surface area contributed by atoms with Crippen LogP contribution in [0, 0.1) is 0 Å². The molecule has 0 radical (unpaired) electrons. The smallest absolute Gasteiger partial charge is 0.246 e. The van der Waals surface area contributed by atoms with Gasteiger partial charge in [-0.2, -0.15) is 0 Å². The molecule has 1 aromatic carbocycles. The molecule has 1 amide bonds. The molecular formula is C15H20N2O2. The van der Waals surface area contributed by atoms with E-state index in [0.29, 0.717) is 18.0 Å². The SMILES string of the molecule is CCOc1ccc(/C=C\C(=O)N2CCCC2)cc1N. The Bertz CT molecular complexity index is 477. The second-order valence-corrected chi connectivity index (χ2v) is 4.60. The second-order valence-electron chi connectivity index (χ2n) is 4.60. The van der Waals surface area contributed by atoms with Crippen LogP contribution < -0.4 is 10.5 Å². The van der Waals surface area contributed by atoms with Crippen molar-refractivity contribution in [2.45, 2.75) is 19.8 Å². The highest BCUT2D eigenvalue weighted by molar-refractivity contribution is 5.92. The predicted octanol–water partition coefficient (Wildman–Crippen LogP) is 2.30. The topological polar surface area (TPSA) is 55.6 Å². The highest BCUT2D eigenvalue weighted by atomic mass is 16.5. The fourth-order valence-electron chi connectivity index (χ4n) is 2.17. The van der Waals surface area contributed by atoms with E-state index in [4.69, 9.17) is 10.5 Å². The van der Waals surface area contributed by atoms with Crippen molar-refractivity contribution < 1.29 is 9.53 Å². The third-order valence-corrected chi connectivity index (χ3v) is 3.17. The minimum atomic E-state index is 0.0740. The third-order valence-electron chi connectivity index (χ3n) is 3.17. The van der Waals surface area contributed by atoms with Crippen LogP contribution in [0.5, 0.6) is 5.75 Å². The predicted molar refractivity (Wildman–Crippen MR) is 76.9 cm³/mol. The summed E-state index contributed by atoms with van der Waals surface area (Å²) in [6.07, 6.45) is 5.62. The van der Waals surface area contributed by atoms with Crippen LogP contribution in [-0.4, -0.2) is 30.5 Å². The first-order valence-corrected chi connectivity index (χ1v) is 6.70. The van der Waals surface area contributed by atoms with Crippen LogP contribution in [0.15, 0.2) is 24.3 Å². The summed E-state index contributed by atoms with van der Waals surface area (Å²) >= 11 is 0. The summed E-state index contributed by atoms with van der Waals surface area (Å²) in [7, 11) is 0. The van der Waals surface area contributed by atoms with Crippen molar-refractivity contribution in [1.29, 1.82) is 0 Å². The third kappa shape index (κ3) is 3.50. The van der Waals surface area contributed by atoms with Gasteiger partial charge in [-0.1, -0.05) is 6.07 Å². The molecule has 1 fully saturated rings. The first kappa shape index (κ1) is 13.5. The van der Waals surface area contributed by atoms with Crippen molar-refractivity contribution >= 4 is 17.7 Å². The van der Waals surface area contributed by atoms with Crippen LogP contribution in [0.1, 0.15) is 25.3 Å². The molecule has 1 aliphatic heterocycles. The number of nitrogens with zero attached hydrogens (tertiary/aromatic N) is 1. The summed E-state index contributed by atoms with van der Waals surface area (Å²) in [4.78, 5) is 13.7. The van der Waals surface area contributed by atoms with Gasteiger partial charge in [0.15, 0.2) is 0 Å². The fraction of sp³-hybridized carbons (Fsp3) is 0.400. The Labute approximate surface area is 113 Å². The zero-order chi connectivity index (χ0) is 13.7. The number of benzene rings is 1. The summed E-state index contributed by atoms with van der Waals surface area (Å²) in [6, 6.07) is 5.55. The van der Waals surface area contributed by atoms with Crippen molar-refractivity contribution in [3.05, 3.63) is 29.8 Å². The van der Waals surface area contributed by atoms with Crippen molar-refractivity contribution in [2.24, 2.45) is 0 Å². The van der Waals surface area contributed by atoms with Gasteiger partial charge in [0, 0.05) is 19.2 Å². The Hall–Kier alpha value is -1.97. The number of hydrogen-bond acceptors (Lipinski definition) is 3. The van der Waals surface area contributed by atoms with E-state index < -0.39 is 0 Å². The molecule has 4 nitrogen and oxygen atoms in total. The summed E-state index contributed by atoms with van der Waals surface area (Å²) in [6.45, 7) is 4.25. The molecule has 2 N–H and O–H groups in total. The van der Waals surface area contributed by atoms with Gasteiger partial charge in [0.25, 0.3) is 0 Å². The van der Waals surface area contributed by atoms with Crippen LogP contribution >= 0.6 is 0 Å². The number of nitrogen functional groups attached to an aromatic ring is 1. The summed E-state index contributed by atoms with van der Waals surface area (Å²) < 4.78 is 5.37. The van der Waals surface area contributed by atoms with Gasteiger partial charge in [0.1, 0.15) is 5.75 Å². The van der Waals surface area contributed by atoms with E-state index in [1.807, 2.05) is 30.0 Å². The van der Waals surface area contributed by atoms with Crippen molar-refractivity contribution in [3.8, 4) is 5.75 Å². The minimum absolute atomic E-state index is 0.0740. The monoisotopic (exact) mass is 260 g/mol. The summed E-state index contributed by atoms with van der Waals surface area (Å²) in [5.74, 6) is 0.760. The van der Waals surface area contributed by atoms with Crippen molar-refractivity contribution in [3.63, 3.8) is 0 Å². The molecule has 1 aromatic rings. The van der Waals surface area contributed by atoms with Gasteiger partial charge in [-0.15, -0.1) is 0 Å². The molecule has 0 saturated carbocycles. The van der Waals surface area contributed by atoms with E-state index in [9.17, 15) is 4.79 Å². The van der Waals surface area contributed by atoms with Gasteiger partial charge < -0.3 is 15.4 Å². The lowest BCUT2D eigenvalue weighted by molar-refractivity contribution is -0.124. The maximum atomic E-state index is 11.9. The van der Waals surface area contributed by atoms with E-state index in [1.165, 1.54) is 0 Å². The highest BCUT2D eigenvalue weighted by Crippen LogP contribution is 2.23. The molecule has 0 unspecified atom stereocenters. The van der Waals surface area contributed by atoms with Gasteiger partial charge in [0.05, 0.1) is 12.3 Å². The molecule has 102 valence electrons. The van der Waals surface area contributed by atoms with Gasteiger partial charge in [-0.25, -0.2) is 0 Å². The molecule has 0 bridgehead atoms. The molecule has 19 heavy (non-hydrogen) atoms. The molecule has 1 aliphatic rings. The standard InChI is InChI=1S/C15H20N2O2/c1-2-19-14-7-5-12(11-13(14)16)6-8-15(18)17-9-3-4-10-17/h5-8,11H,2-4,9-10,16H2,1H3/b8-6-. The summed E-state index contributed by atoms with van der Waals surface area (Å²) in [5.41, 5.74) is 7.39. The lowest BCUT2D eigenvalue weighted by Gasteiger charge is -2.11. The zero-order valence-electron chi connectivity index (χ0n) is 11.3. The number of anilines is 1. The Kier molecular flexibility index (Phi) is 4.44. The lowest BCUT2D eigenvalue weighted by Crippen LogP contribution is -2.25. The molecular weight excluding hydrogens is 240 g/mol. The molecule has 2 rings (SSSR count). The van der Waals surface area contributed by atoms with E-state index in [2.05, 4.69) is 0 Å². The molecule has 0 atom stereocenters. The second kappa shape index (κ2) is 6.27. The molecule has 0 aliphatic carbocycles. The number of carbonyl (C=O) groups is 1.